The molecule has 0 aromatic carbocycles. The van der Waals surface area contributed by atoms with E-state index in [2.05, 4.69) is 4.74 Å². The molecule has 0 spiro atoms. The van der Waals surface area contributed by atoms with Gasteiger partial charge in [0.1, 0.15) is 0 Å². The smallest absolute Gasteiger partial charge is 0.345 e. The fraction of sp³-hybridized carbons (Fsp3) is 0.714. The Kier molecular flexibility index (Phi) is 4.46. The van der Waals surface area contributed by atoms with Gasteiger partial charge in [0.05, 0.1) is 12.5 Å². The lowest BCUT2D eigenvalue weighted by Gasteiger charge is -2.07. The first-order valence-corrected chi connectivity index (χ1v) is 3.53. The Morgan fingerprint density at radius 1 is 1.33 bits per heavy atom. The van der Waals surface area contributed by atoms with Crippen molar-refractivity contribution in [3.63, 3.8) is 0 Å². The zero-order valence-electron chi connectivity index (χ0n) is 6.98. The van der Waals surface area contributed by atoms with Crippen LogP contribution in [0.3, 0.4) is 0 Å². The lowest BCUT2D eigenvalue weighted by atomic mass is 10.2. The second-order valence-electron chi connectivity index (χ2n) is 2.59. The van der Waals surface area contributed by atoms with Crippen molar-refractivity contribution < 1.29 is 24.5 Å². The van der Waals surface area contributed by atoms with E-state index in [9.17, 15) is 9.59 Å². The van der Waals surface area contributed by atoms with Gasteiger partial charge in [0.15, 0.2) is 6.10 Å². The summed E-state index contributed by atoms with van der Waals surface area (Å²) < 4.78 is 4.18. The van der Waals surface area contributed by atoms with Crippen molar-refractivity contribution >= 4 is 11.9 Å². The predicted molar refractivity (Wildman–Crippen MR) is 39.0 cm³/mol. The first kappa shape index (κ1) is 11.1. The lowest BCUT2D eigenvalue weighted by molar-refractivity contribution is -0.169. The van der Waals surface area contributed by atoms with Crippen LogP contribution in [-0.4, -0.2) is 34.9 Å². The van der Waals surface area contributed by atoms with Gasteiger partial charge in [-0.1, -0.05) is 13.8 Å². The summed E-state index contributed by atoms with van der Waals surface area (Å²) in [6.07, 6.45) is -1.63. The summed E-state index contributed by atoms with van der Waals surface area (Å²) in [6.45, 7) is 2.37. The van der Waals surface area contributed by atoms with Crippen molar-refractivity contribution in [2.45, 2.75) is 20.0 Å². The van der Waals surface area contributed by atoms with Gasteiger partial charge in [-0.15, -0.1) is 0 Å². The normalized spacial score (nSPS) is 12.8. The van der Waals surface area contributed by atoms with E-state index in [0.29, 0.717) is 0 Å². The van der Waals surface area contributed by atoms with E-state index >= 15 is 0 Å². The quantitative estimate of drug-likeness (QED) is 0.428. The van der Waals surface area contributed by atoms with Gasteiger partial charge in [-0.25, -0.2) is 4.79 Å². The molecule has 5 nitrogen and oxygen atoms in total. The fourth-order valence-corrected chi connectivity index (χ4v) is 0.360. The Balaban J connectivity index is 3.93. The lowest BCUT2D eigenvalue weighted by Crippen LogP contribution is -2.30. The summed E-state index contributed by atoms with van der Waals surface area (Å²) >= 11 is 0. The summed E-state index contributed by atoms with van der Waals surface area (Å²) in [6, 6.07) is 0. The molecule has 0 bridgehead atoms. The minimum atomic E-state index is -1.63. The highest BCUT2D eigenvalue weighted by Crippen LogP contribution is 1.97. The zero-order valence-corrected chi connectivity index (χ0v) is 6.98. The van der Waals surface area contributed by atoms with Gasteiger partial charge in [0, 0.05) is 0 Å². The predicted octanol–water partition coefficient (Wildman–Crippen LogP) is -0.935. The Morgan fingerprint density at radius 3 is 2.17 bits per heavy atom. The highest BCUT2D eigenvalue weighted by Gasteiger charge is 2.20. The van der Waals surface area contributed by atoms with Crippen LogP contribution in [0.25, 0.3) is 0 Å². The summed E-state index contributed by atoms with van der Waals surface area (Å²) in [4.78, 5) is 21.4. The third-order valence-electron chi connectivity index (χ3n) is 1.12. The van der Waals surface area contributed by atoms with Crippen LogP contribution in [0.5, 0.6) is 0 Å². The van der Waals surface area contributed by atoms with E-state index in [1.165, 1.54) is 0 Å². The number of carbonyl (C=O) groups is 2. The highest BCUT2D eigenvalue weighted by molar-refractivity contribution is 5.88. The van der Waals surface area contributed by atoms with Gasteiger partial charge >= 0.3 is 11.9 Å². The van der Waals surface area contributed by atoms with Crippen LogP contribution < -0.4 is 0 Å². The topological polar surface area (TPSA) is 83.8 Å². The third-order valence-corrected chi connectivity index (χ3v) is 1.12. The summed E-state index contributed by atoms with van der Waals surface area (Å²) in [7, 11) is 0. The van der Waals surface area contributed by atoms with Gasteiger partial charge in [0.2, 0.25) is 0 Å². The molecule has 0 fully saturated rings. The molecule has 1 unspecified atom stereocenters. The van der Waals surface area contributed by atoms with Crippen molar-refractivity contribution in [2.24, 2.45) is 5.92 Å². The van der Waals surface area contributed by atoms with Crippen molar-refractivity contribution in [1.29, 1.82) is 0 Å². The molecular formula is C7H12O5. The van der Waals surface area contributed by atoms with Crippen LogP contribution in [0.1, 0.15) is 13.8 Å². The number of hydrogen-bond acceptors (Lipinski definition) is 5. The number of ether oxygens (including phenoxy) is 1. The van der Waals surface area contributed by atoms with E-state index in [4.69, 9.17) is 10.2 Å². The molecule has 0 saturated heterocycles. The molecule has 0 saturated carbocycles. The van der Waals surface area contributed by atoms with Crippen molar-refractivity contribution in [1.82, 2.24) is 0 Å². The van der Waals surface area contributed by atoms with Crippen LogP contribution in [0.2, 0.25) is 0 Å². The van der Waals surface area contributed by atoms with Gasteiger partial charge < -0.3 is 14.9 Å². The van der Waals surface area contributed by atoms with Crippen LogP contribution in [0.4, 0.5) is 0 Å². The maximum atomic E-state index is 10.7. The Bertz CT molecular complexity index is 175. The second-order valence-corrected chi connectivity index (χ2v) is 2.59. The Morgan fingerprint density at radius 2 is 1.83 bits per heavy atom. The van der Waals surface area contributed by atoms with Gasteiger partial charge in [-0.05, 0) is 0 Å². The molecule has 0 aromatic heterocycles. The van der Waals surface area contributed by atoms with Crippen molar-refractivity contribution in [3.05, 3.63) is 0 Å². The van der Waals surface area contributed by atoms with E-state index < -0.39 is 30.6 Å². The molecule has 2 N–H and O–H groups in total. The molecule has 1 atom stereocenters. The molecule has 0 amide bonds. The van der Waals surface area contributed by atoms with E-state index in [-0.39, 0.29) is 0 Å². The molecule has 0 aliphatic heterocycles. The molecule has 0 heterocycles. The molecule has 0 aliphatic rings. The summed E-state index contributed by atoms with van der Waals surface area (Å²) in [5, 5.41) is 17.0. The highest BCUT2D eigenvalue weighted by atomic mass is 16.6. The summed E-state index contributed by atoms with van der Waals surface area (Å²) in [5.41, 5.74) is 0. The molecule has 12 heavy (non-hydrogen) atoms. The molecule has 0 radical (unpaired) electrons. The standard InChI is InChI=1S/C7H12O5/c1-4(2)6(10)12-7(11)5(9)3-8/h4-5,8-9H,3H2,1-2H3. The van der Waals surface area contributed by atoms with Crippen LogP contribution >= 0.6 is 0 Å². The third kappa shape index (κ3) is 3.45. The monoisotopic (exact) mass is 176 g/mol. The minimum absolute atomic E-state index is 0.431. The maximum absolute atomic E-state index is 10.7. The molecular weight excluding hydrogens is 164 g/mol. The van der Waals surface area contributed by atoms with Crippen molar-refractivity contribution in [2.75, 3.05) is 6.61 Å². The van der Waals surface area contributed by atoms with E-state index in [0.717, 1.165) is 0 Å². The maximum Gasteiger partial charge on any atom is 0.345 e. The molecule has 0 rings (SSSR count). The van der Waals surface area contributed by atoms with E-state index in [1.54, 1.807) is 13.8 Å². The number of hydrogen-bond donors (Lipinski definition) is 2. The number of aliphatic hydroxyl groups excluding tert-OH is 2. The number of esters is 2. The SMILES string of the molecule is CC(C)C(=O)OC(=O)C(O)CO. The average Bonchev–Trinajstić information content (AvgIpc) is 2.02. The second kappa shape index (κ2) is 4.84. The van der Waals surface area contributed by atoms with Crippen LogP contribution in [0.15, 0.2) is 0 Å². The molecule has 0 aliphatic carbocycles. The minimum Gasteiger partial charge on any atom is -0.393 e. The largest absolute Gasteiger partial charge is 0.393 e. The van der Waals surface area contributed by atoms with Crippen LogP contribution in [0, 0.1) is 5.92 Å². The van der Waals surface area contributed by atoms with Gasteiger partial charge in [0.25, 0.3) is 0 Å². The van der Waals surface area contributed by atoms with Crippen LogP contribution in [-0.2, 0) is 14.3 Å². The number of aliphatic hydroxyl groups is 2. The average molecular weight is 176 g/mol. The first-order chi connectivity index (χ1) is 5.49. The molecule has 5 heteroatoms. The zero-order chi connectivity index (χ0) is 9.72. The van der Waals surface area contributed by atoms with Gasteiger partial charge in [-0.2, -0.15) is 0 Å². The first-order valence-electron chi connectivity index (χ1n) is 3.53. The number of rotatable bonds is 3. The Labute approximate surface area is 70.0 Å². The van der Waals surface area contributed by atoms with Crippen molar-refractivity contribution in [3.8, 4) is 0 Å². The molecule has 0 aromatic rings. The fourth-order valence-electron chi connectivity index (χ4n) is 0.360. The Hall–Kier alpha value is -0.940. The molecule has 70 valence electrons. The number of carbonyl (C=O) groups excluding carboxylic acids is 2. The van der Waals surface area contributed by atoms with E-state index in [1.807, 2.05) is 0 Å². The summed E-state index contributed by atoms with van der Waals surface area (Å²) in [5.74, 6) is -2.26. The van der Waals surface area contributed by atoms with Gasteiger partial charge in [-0.3, -0.25) is 4.79 Å².